The Kier molecular flexibility index (Phi) is 8.53. The van der Waals surface area contributed by atoms with Gasteiger partial charge in [-0.2, -0.15) is 0 Å². The van der Waals surface area contributed by atoms with E-state index in [0.717, 1.165) is 12.8 Å². The van der Waals surface area contributed by atoms with Gasteiger partial charge in [-0.3, -0.25) is 14.4 Å². The minimum atomic E-state index is -0.703. The molecule has 202 valence electrons. The van der Waals surface area contributed by atoms with Gasteiger partial charge in [-0.15, -0.1) is 18.3 Å². The number of carbonyl (C=O) groups excluding carboxylic acids is 3. The van der Waals surface area contributed by atoms with Gasteiger partial charge in [0.1, 0.15) is 11.8 Å². The first kappa shape index (κ1) is 27.5. The summed E-state index contributed by atoms with van der Waals surface area (Å²) < 4.78 is 10.0. The van der Waals surface area contributed by atoms with Crippen LogP contribution >= 0.6 is 11.8 Å². The number of hydrogen-bond acceptors (Lipinski definition) is 7. The van der Waals surface area contributed by atoms with Crippen molar-refractivity contribution in [1.82, 2.24) is 4.90 Å². The van der Waals surface area contributed by atoms with E-state index in [0.29, 0.717) is 37.4 Å². The van der Waals surface area contributed by atoms with Crippen molar-refractivity contribution < 1.29 is 29.0 Å². The molecule has 2 bridgehead atoms. The van der Waals surface area contributed by atoms with Crippen molar-refractivity contribution in [2.75, 3.05) is 38.3 Å². The molecule has 8 nitrogen and oxygen atoms in total. The lowest BCUT2D eigenvalue weighted by atomic mass is 9.66. The summed E-state index contributed by atoms with van der Waals surface area (Å²) in [5.74, 6) is -0.981. The molecule has 1 aromatic carbocycles. The predicted octanol–water partition coefficient (Wildman–Crippen LogP) is 3.28. The number of unbranched alkanes of at least 4 members (excludes halogenated alkanes) is 2. The maximum atomic E-state index is 14.5. The van der Waals surface area contributed by atoms with E-state index in [1.807, 2.05) is 24.3 Å². The first-order valence-electron chi connectivity index (χ1n) is 13.2. The fourth-order valence-electron chi connectivity index (χ4n) is 6.48. The summed E-state index contributed by atoms with van der Waals surface area (Å²) >= 11 is 1.65. The van der Waals surface area contributed by atoms with Crippen LogP contribution in [0.4, 0.5) is 5.69 Å². The van der Waals surface area contributed by atoms with Gasteiger partial charge in [0.2, 0.25) is 5.91 Å². The number of nitrogens with zero attached hydrogens (tertiary/aromatic N) is 2. The summed E-state index contributed by atoms with van der Waals surface area (Å²) in [6.45, 7) is 8.79. The van der Waals surface area contributed by atoms with Gasteiger partial charge in [-0.1, -0.05) is 13.0 Å². The molecule has 3 unspecified atom stereocenters. The maximum absolute atomic E-state index is 14.5. The van der Waals surface area contributed by atoms with E-state index in [9.17, 15) is 19.5 Å². The van der Waals surface area contributed by atoms with E-state index < -0.39 is 22.6 Å². The average molecular weight is 531 g/mol. The number of rotatable bonds is 12. The van der Waals surface area contributed by atoms with Crippen LogP contribution in [0.2, 0.25) is 0 Å². The van der Waals surface area contributed by atoms with Crippen molar-refractivity contribution in [3.63, 3.8) is 0 Å². The van der Waals surface area contributed by atoms with Gasteiger partial charge in [-0.05, 0) is 62.8 Å². The number of carbonyl (C=O) groups is 3. The van der Waals surface area contributed by atoms with Crippen molar-refractivity contribution in [2.24, 2.45) is 17.8 Å². The van der Waals surface area contributed by atoms with Crippen LogP contribution in [-0.2, 0) is 19.1 Å². The molecular weight excluding hydrogens is 492 g/mol. The molecule has 6 atom stereocenters. The van der Waals surface area contributed by atoms with E-state index in [1.54, 1.807) is 41.7 Å². The van der Waals surface area contributed by atoms with E-state index in [-0.39, 0.29) is 42.2 Å². The van der Waals surface area contributed by atoms with Gasteiger partial charge in [0.15, 0.2) is 0 Å². The zero-order valence-corrected chi connectivity index (χ0v) is 22.7. The lowest BCUT2D eigenvalue weighted by Crippen LogP contribution is -2.57. The predicted molar refractivity (Wildman–Crippen MR) is 143 cm³/mol. The third-order valence-corrected chi connectivity index (χ3v) is 10.1. The second-order valence-electron chi connectivity index (χ2n) is 10.1. The third kappa shape index (κ3) is 4.65. The minimum Gasteiger partial charge on any atom is -0.497 e. The van der Waals surface area contributed by atoms with E-state index in [1.165, 1.54) is 0 Å². The Morgan fingerprint density at radius 3 is 2.62 bits per heavy atom. The summed E-state index contributed by atoms with van der Waals surface area (Å²) in [6, 6.07) is 6.58. The number of aliphatic hydroxyl groups is 1. The zero-order valence-electron chi connectivity index (χ0n) is 21.9. The van der Waals surface area contributed by atoms with Crippen LogP contribution < -0.4 is 9.64 Å². The maximum Gasteiger partial charge on any atom is 0.310 e. The summed E-state index contributed by atoms with van der Waals surface area (Å²) in [7, 11) is 1.59. The normalized spacial score (nSPS) is 29.8. The number of aliphatic hydroxyl groups excluding tert-OH is 1. The summed E-state index contributed by atoms with van der Waals surface area (Å²) in [6.07, 6.45) is 4.52. The number of amides is 2. The number of methoxy groups -OCH3 is 1. The van der Waals surface area contributed by atoms with Crippen LogP contribution in [0.15, 0.2) is 36.9 Å². The van der Waals surface area contributed by atoms with Crippen LogP contribution in [0.5, 0.6) is 5.75 Å². The number of anilines is 1. The van der Waals surface area contributed by atoms with Gasteiger partial charge >= 0.3 is 5.97 Å². The molecule has 4 rings (SSSR count). The Hall–Kier alpha value is -2.52. The molecule has 3 aliphatic heterocycles. The number of likely N-dealkylation sites (tertiary alicyclic amines) is 1. The standard InChI is InChI=1S/C28H38N2O6S/c1-5-14-29(19-10-12-20(35-4)13-11-19)26(33)24-28-18(3)17-21(37-28)22(27(34)36-6-2)23(28)25(32)30(24)15-8-7-9-16-31/h5,10-13,18,21-24,31H,1,6-9,14-17H2,2-4H3/t18?,21-,22+,23+,24?,28?/m1/s1. The lowest BCUT2D eigenvalue weighted by Gasteiger charge is -2.40. The molecule has 37 heavy (non-hydrogen) atoms. The first-order chi connectivity index (χ1) is 17.8. The highest BCUT2D eigenvalue weighted by Gasteiger charge is 2.76. The van der Waals surface area contributed by atoms with Gasteiger partial charge in [-0.25, -0.2) is 0 Å². The molecule has 0 aromatic heterocycles. The number of esters is 1. The van der Waals surface area contributed by atoms with Crippen LogP contribution in [0, 0.1) is 17.8 Å². The molecule has 3 aliphatic rings. The molecule has 3 saturated heterocycles. The van der Waals surface area contributed by atoms with Crippen LogP contribution in [-0.4, -0.2) is 77.2 Å². The van der Waals surface area contributed by atoms with Crippen molar-refractivity contribution in [3.05, 3.63) is 36.9 Å². The fourth-order valence-corrected chi connectivity index (χ4v) is 8.88. The Labute approximate surface area is 223 Å². The SMILES string of the molecule is C=CCN(C(=O)C1N(CCCCCO)C(=O)[C@@H]2[C@@H](C(=O)OCC)[C@H]3CC(C)C12S3)c1ccc(OC)cc1. The summed E-state index contributed by atoms with van der Waals surface area (Å²) in [5.41, 5.74) is 0.699. The lowest BCUT2D eigenvalue weighted by molar-refractivity contribution is -0.154. The molecule has 1 spiro atoms. The number of thioether (sulfide) groups is 1. The quantitative estimate of drug-likeness (QED) is 0.252. The minimum absolute atomic E-state index is 0.0383. The molecule has 1 aromatic rings. The monoisotopic (exact) mass is 530 g/mol. The Bertz CT molecular complexity index is 1020. The first-order valence-corrected chi connectivity index (χ1v) is 14.1. The highest BCUT2D eigenvalue weighted by molar-refractivity contribution is 8.02. The van der Waals surface area contributed by atoms with E-state index >= 15 is 0 Å². The summed E-state index contributed by atoms with van der Waals surface area (Å²) in [5, 5.41) is 9.19. The number of hydrogen-bond donors (Lipinski definition) is 1. The Morgan fingerprint density at radius 2 is 2.00 bits per heavy atom. The molecule has 3 heterocycles. The van der Waals surface area contributed by atoms with Gasteiger partial charge in [0, 0.05) is 30.6 Å². The highest BCUT2D eigenvalue weighted by Crippen LogP contribution is 2.68. The molecular formula is C28H38N2O6S. The van der Waals surface area contributed by atoms with E-state index in [2.05, 4.69) is 13.5 Å². The number of ether oxygens (including phenoxy) is 2. The van der Waals surface area contributed by atoms with Gasteiger partial charge in [0.25, 0.3) is 5.91 Å². The second-order valence-corrected chi connectivity index (χ2v) is 11.6. The summed E-state index contributed by atoms with van der Waals surface area (Å²) in [4.78, 5) is 45.0. The smallest absolute Gasteiger partial charge is 0.310 e. The van der Waals surface area contributed by atoms with Crippen LogP contribution in [0.3, 0.4) is 0 Å². The zero-order chi connectivity index (χ0) is 26.7. The average Bonchev–Trinajstić information content (AvgIpc) is 3.49. The van der Waals surface area contributed by atoms with Crippen LogP contribution in [0.1, 0.15) is 39.5 Å². The molecule has 1 N–H and O–H groups in total. The highest BCUT2D eigenvalue weighted by atomic mass is 32.2. The molecule has 0 radical (unpaired) electrons. The topological polar surface area (TPSA) is 96.4 Å². The molecule has 9 heteroatoms. The largest absolute Gasteiger partial charge is 0.497 e. The number of fused-ring (bicyclic) bond motifs is 1. The van der Waals surface area contributed by atoms with Crippen molar-refractivity contribution in [1.29, 1.82) is 0 Å². The van der Waals surface area contributed by atoms with Gasteiger partial charge < -0.3 is 24.4 Å². The Balaban J connectivity index is 1.75. The fraction of sp³-hybridized carbons (Fsp3) is 0.607. The molecule has 0 aliphatic carbocycles. The molecule has 2 amide bonds. The van der Waals surface area contributed by atoms with E-state index in [4.69, 9.17) is 9.47 Å². The number of benzene rings is 1. The van der Waals surface area contributed by atoms with Crippen molar-refractivity contribution in [2.45, 2.75) is 55.6 Å². The van der Waals surface area contributed by atoms with Crippen LogP contribution in [0.25, 0.3) is 0 Å². The van der Waals surface area contributed by atoms with Crippen molar-refractivity contribution in [3.8, 4) is 5.75 Å². The molecule has 3 fully saturated rings. The third-order valence-electron chi connectivity index (χ3n) is 8.06. The Morgan fingerprint density at radius 1 is 1.27 bits per heavy atom. The molecule has 0 saturated carbocycles. The second kappa shape index (κ2) is 11.5. The van der Waals surface area contributed by atoms with Gasteiger partial charge in [0.05, 0.1) is 30.3 Å². The van der Waals surface area contributed by atoms with Crippen molar-refractivity contribution >= 4 is 35.2 Å².